The number of rotatable bonds is 3. The van der Waals surface area contributed by atoms with E-state index in [1.807, 2.05) is 29.2 Å². The van der Waals surface area contributed by atoms with Crippen molar-refractivity contribution in [2.75, 3.05) is 36.9 Å². The number of anilines is 2. The minimum atomic E-state index is -0.197. The molecule has 1 saturated heterocycles. The fourth-order valence-corrected chi connectivity index (χ4v) is 3.03. The fourth-order valence-electron chi connectivity index (χ4n) is 3.03. The number of nitrogens with one attached hydrogen (secondary N) is 2. The van der Waals surface area contributed by atoms with Crippen LogP contribution in [0.4, 0.5) is 11.4 Å². The van der Waals surface area contributed by atoms with Gasteiger partial charge in [-0.3, -0.25) is 4.79 Å². The summed E-state index contributed by atoms with van der Waals surface area (Å²) in [4.78, 5) is 14.4. The molecule has 0 saturated carbocycles. The molecule has 2 unspecified atom stereocenters. The average molecular weight is 275 g/mol. The van der Waals surface area contributed by atoms with Gasteiger partial charge in [0.05, 0.1) is 11.4 Å². The number of benzene rings is 1. The molecule has 2 atom stereocenters. The molecule has 0 spiro atoms. The minimum Gasteiger partial charge on any atom is -0.396 e. The first-order chi connectivity index (χ1) is 9.78. The van der Waals surface area contributed by atoms with Crippen molar-refractivity contribution in [1.82, 2.24) is 4.90 Å². The molecule has 0 radical (unpaired) electrons. The monoisotopic (exact) mass is 275 g/mol. The third kappa shape index (κ3) is 2.58. The summed E-state index contributed by atoms with van der Waals surface area (Å²) >= 11 is 0. The number of para-hydroxylation sites is 2. The first-order valence-corrected chi connectivity index (χ1v) is 7.27. The van der Waals surface area contributed by atoms with Crippen molar-refractivity contribution < 1.29 is 9.90 Å². The highest BCUT2D eigenvalue weighted by Gasteiger charge is 2.32. The number of nitrogens with zero attached hydrogens (tertiary/aromatic N) is 1. The number of likely N-dealkylation sites (tertiary alicyclic amines) is 1. The topological polar surface area (TPSA) is 64.6 Å². The second kappa shape index (κ2) is 5.71. The second-order valence-electron chi connectivity index (χ2n) is 5.57. The van der Waals surface area contributed by atoms with Crippen molar-refractivity contribution in [2.45, 2.75) is 18.9 Å². The number of aliphatic hydroxyl groups excluding tert-OH is 1. The van der Waals surface area contributed by atoms with Crippen molar-refractivity contribution in [3.8, 4) is 0 Å². The minimum absolute atomic E-state index is 0.160. The zero-order valence-electron chi connectivity index (χ0n) is 11.5. The summed E-state index contributed by atoms with van der Waals surface area (Å²) in [6.07, 6.45) is 1.80. The van der Waals surface area contributed by atoms with E-state index >= 15 is 0 Å². The summed E-state index contributed by atoms with van der Waals surface area (Å²) < 4.78 is 0. The third-order valence-corrected chi connectivity index (χ3v) is 4.19. The first-order valence-electron chi connectivity index (χ1n) is 7.27. The van der Waals surface area contributed by atoms with Gasteiger partial charge in [-0.05, 0) is 30.9 Å². The molecule has 1 aromatic rings. The maximum Gasteiger partial charge on any atom is 0.246 e. The SMILES string of the molecule is O=C(C1CNc2ccccc2N1)N1CCC(CCO)C1. The molecule has 0 aromatic heterocycles. The standard InChI is InChI=1S/C15H21N3O2/c19-8-6-11-5-7-18(10-11)15(20)14-9-16-12-3-1-2-4-13(12)17-14/h1-4,11,14,16-17,19H,5-10H2. The van der Waals surface area contributed by atoms with Crippen molar-refractivity contribution in [1.29, 1.82) is 0 Å². The van der Waals surface area contributed by atoms with Gasteiger partial charge in [-0.25, -0.2) is 0 Å². The predicted octanol–water partition coefficient (Wildman–Crippen LogP) is 1.12. The van der Waals surface area contributed by atoms with E-state index in [0.29, 0.717) is 12.5 Å². The van der Waals surface area contributed by atoms with E-state index in [-0.39, 0.29) is 18.6 Å². The number of carbonyl (C=O) groups is 1. The van der Waals surface area contributed by atoms with Gasteiger partial charge in [0.1, 0.15) is 6.04 Å². The molecule has 5 heteroatoms. The normalized spacial score (nSPS) is 24.8. The largest absolute Gasteiger partial charge is 0.396 e. The Morgan fingerprint density at radius 2 is 2.15 bits per heavy atom. The van der Waals surface area contributed by atoms with Gasteiger partial charge in [-0.15, -0.1) is 0 Å². The predicted molar refractivity (Wildman–Crippen MR) is 78.7 cm³/mol. The summed E-state index contributed by atoms with van der Waals surface area (Å²) in [6.45, 7) is 2.42. The zero-order valence-corrected chi connectivity index (χ0v) is 11.5. The van der Waals surface area contributed by atoms with E-state index in [4.69, 9.17) is 5.11 Å². The van der Waals surface area contributed by atoms with Gasteiger partial charge < -0.3 is 20.6 Å². The summed E-state index contributed by atoms with van der Waals surface area (Å²) in [5.41, 5.74) is 2.04. The highest BCUT2D eigenvalue weighted by Crippen LogP contribution is 2.27. The Bertz CT molecular complexity index is 492. The number of amides is 1. The molecule has 1 aromatic carbocycles. The Morgan fingerprint density at radius 3 is 2.95 bits per heavy atom. The van der Waals surface area contributed by atoms with Gasteiger partial charge >= 0.3 is 0 Å². The Hall–Kier alpha value is -1.75. The van der Waals surface area contributed by atoms with Gasteiger partial charge in [-0.1, -0.05) is 12.1 Å². The summed E-state index contributed by atoms with van der Waals surface area (Å²) in [5.74, 6) is 0.611. The number of hydrogen-bond acceptors (Lipinski definition) is 4. The Morgan fingerprint density at radius 1 is 1.35 bits per heavy atom. The Kier molecular flexibility index (Phi) is 3.78. The van der Waals surface area contributed by atoms with Crippen LogP contribution in [0.3, 0.4) is 0 Å². The molecular weight excluding hydrogens is 254 g/mol. The lowest BCUT2D eigenvalue weighted by Crippen LogP contribution is -2.47. The molecule has 5 nitrogen and oxygen atoms in total. The van der Waals surface area contributed by atoms with Crippen LogP contribution in [0.15, 0.2) is 24.3 Å². The fraction of sp³-hybridized carbons (Fsp3) is 0.533. The summed E-state index contributed by atoms with van der Waals surface area (Å²) in [6, 6.07) is 7.75. The van der Waals surface area contributed by atoms with Crippen LogP contribution in [-0.2, 0) is 4.79 Å². The smallest absolute Gasteiger partial charge is 0.246 e. The zero-order chi connectivity index (χ0) is 13.9. The Labute approximate surface area is 119 Å². The van der Waals surface area contributed by atoms with Crippen LogP contribution in [0.5, 0.6) is 0 Å². The average Bonchev–Trinajstić information content (AvgIpc) is 2.95. The lowest BCUT2D eigenvalue weighted by molar-refractivity contribution is -0.130. The van der Waals surface area contributed by atoms with Crippen molar-refractivity contribution in [3.63, 3.8) is 0 Å². The van der Waals surface area contributed by atoms with Crippen molar-refractivity contribution >= 4 is 17.3 Å². The molecule has 1 fully saturated rings. The van der Waals surface area contributed by atoms with E-state index in [9.17, 15) is 4.79 Å². The van der Waals surface area contributed by atoms with Gasteiger partial charge in [0, 0.05) is 26.2 Å². The van der Waals surface area contributed by atoms with Crippen LogP contribution < -0.4 is 10.6 Å². The second-order valence-corrected chi connectivity index (χ2v) is 5.57. The first kappa shape index (κ1) is 13.2. The van der Waals surface area contributed by atoms with Crippen LogP contribution in [-0.4, -0.2) is 48.2 Å². The molecule has 2 aliphatic heterocycles. The molecule has 2 aliphatic rings. The lowest BCUT2D eigenvalue weighted by atomic mass is 10.1. The van der Waals surface area contributed by atoms with E-state index in [0.717, 1.165) is 37.3 Å². The van der Waals surface area contributed by atoms with E-state index in [2.05, 4.69) is 10.6 Å². The molecule has 2 heterocycles. The summed E-state index contributed by atoms with van der Waals surface area (Å²) in [7, 11) is 0. The van der Waals surface area contributed by atoms with Gasteiger partial charge in [0.15, 0.2) is 0 Å². The number of carbonyl (C=O) groups excluding carboxylic acids is 1. The number of fused-ring (bicyclic) bond motifs is 1. The maximum absolute atomic E-state index is 12.5. The molecule has 20 heavy (non-hydrogen) atoms. The molecular formula is C15H21N3O2. The van der Waals surface area contributed by atoms with Crippen LogP contribution >= 0.6 is 0 Å². The van der Waals surface area contributed by atoms with Crippen molar-refractivity contribution in [2.24, 2.45) is 5.92 Å². The number of hydrogen-bond donors (Lipinski definition) is 3. The van der Waals surface area contributed by atoms with Crippen LogP contribution in [0, 0.1) is 5.92 Å². The molecule has 3 N–H and O–H groups in total. The molecule has 0 aliphatic carbocycles. The maximum atomic E-state index is 12.5. The molecule has 1 amide bonds. The molecule has 108 valence electrons. The van der Waals surface area contributed by atoms with Crippen LogP contribution in [0.1, 0.15) is 12.8 Å². The number of aliphatic hydroxyl groups is 1. The van der Waals surface area contributed by atoms with Crippen LogP contribution in [0.25, 0.3) is 0 Å². The Balaban J connectivity index is 1.62. The van der Waals surface area contributed by atoms with E-state index in [1.165, 1.54) is 0 Å². The van der Waals surface area contributed by atoms with Gasteiger partial charge in [0.2, 0.25) is 5.91 Å². The lowest BCUT2D eigenvalue weighted by Gasteiger charge is -2.30. The van der Waals surface area contributed by atoms with Gasteiger partial charge in [-0.2, -0.15) is 0 Å². The van der Waals surface area contributed by atoms with Crippen molar-refractivity contribution in [3.05, 3.63) is 24.3 Å². The molecule has 0 bridgehead atoms. The highest BCUT2D eigenvalue weighted by molar-refractivity contribution is 5.88. The van der Waals surface area contributed by atoms with E-state index < -0.39 is 0 Å². The quantitative estimate of drug-likeness (QED) is 0.773. The summed E-state index contributed by atoms with van der Waals surface area (Å²) in [5, 5.41) is 15.6. The van der Waals surface area contributed by atoms with E-state index in [1.54, 1.807) is 0 Å². The van der Waals surface area contributed by atoms with Crippen LogP contribution in [0.2, 0.25) is 0 Å². The third-order valence-electron chi connectivity index (χ3n) is 4.19. The van der Waals surface area contributed by atoms with Gasteiger partial charge in [0.25, 0.3) is 0 Å². The molecule has 3 rings (SSSR count). The highest BCUT2D eigenvalue weighted by atomic mass is 16.3.